The fourth-order valence-electron chi connectivity index (χ4n) is 2.67. The van der Waals surface area contributed by atoms with Crippen LogP contribution in [0.2, 0.25) is 0 Å². The van der Waals surface area contributed by atoms with Gasteiger partial charge in [-0.2, -0.15) is 0 Å². The number of nitrogens with one attached hydrogen (secondary N) is 2. The monoisotopic (exact) mass is 315 g/mol. The zero-order chi connectivity index (χ0) is 17.2. The SMILES string of the molecule is C=C/C=C(\C=C)CNC(=C)C1CCCN1C(=C)C/C(=C/N)NN. The van der Waals surface area contributed by atoms with E-state index in [2.05, 4.69) is 42.0 Å². The summed E-state index contributed by atoms with van der Waals surface area (Å²) in [4.78, 5) is 2.26. The van der Waals surface area contributed by atoms with Gasteiger partial charge in [-0.1, -0.05) is 44.5 Å². The van der Waals surface area contributed by atoms with Gasteiger partial charge in [-0.15, -0.1) is 0 Å². The van der Waals surface area contributed by atoms with Crippen molar-refractivity contribution in [3.63, 3.8) is 0 Å². The largest absolute Gasteiger partial charge is 0.403 e. The molecular weight excluding hydrogens is 286 g/mol. The van der Waals surface area contributed by atoms with E-state index in [0.29, 0.717) is 13.0 Å². The van der Waals surface area contributed by atoms with Crippen LogP contribution in [0, 0.1) is 0 Å². The molecule has 1 rings (SSSR count). The molecule has 0 spiro atoms. The van der Waals surface area contributed by atoms with Gasteiger partial charge in [0, 0.05) is 42.8 Å². The van der Waals surface area contributed by atoms with Crippen LogP contribution in [0.3, 0.4) is 0 Å². The van der Waals surface area contributed by atoms with Crippen molar-refractivity contribution >= 4 is 0 Å². The Labute approximate surface area is 139 Å². The van der Waals surface area contributed by atoms with Crippen molar-refractivity contribution in [3.05, 3.63) is 73.4 Å². The highest BCUT2D eigenvalue weighted by Gasteiger charge is 2.27. The Balaban J connectivity index is 2.65. The summed E-state index contributed by atoms with van der Waals surface area (Å²) >= 11 is 0. The Kier molecular flexibility index (Phi) is 7.77. The van der Waals surface area contributed by atoms with E-state index >= 15 is 0 Å². The van der Waals surface area contributed by atoms with Crippen molar-refractivity contribution in [1.82, 2.24) is 15.6 Å². The van der Waals surface area contributed by atoms with Crippen molar-refractivity contribution < 1.29 is 0 Å². The number of hydrazine groups is 1. The normalized spacial score (nSPS) is 18.5. The molecule has 6 N–H and O–H groups in total. The summed E-state index contributed by atoms with van der Waals surface area (Å²) < 4.78 is 0. The molecule has 23 heavy (non-hydrogen) atoms. The molecule has 1 heterocycles. The number of hydrogen-bond donors (Lipinski definition) is 4. The van der Waals surface area contributed by atoms with Gasteiger partial charge in [-0.25, -0.2) is 0 Å². The summed E-state index contributed by atoms with van der Waals surface area (Å²) in [5.41, 5.74) is 11.9. The van der Waals surface area contributed by atoms with Crippen LogP contribution in [0.4, 0.5) is 0 Å². The third-order valence-electron chi connectivity index (χ3n) is 3.96. The third-order valence-corrected chi connectivity index (χ3v) is 3.96. The van der Waals surface area contributed by atoms with Gasteiger partial charge < -0.3 is 21.4 Å². The molecule has 0 bridgehead atoms. The van der Waals surface area contributed by atoms with Crippen LogP contribution in [-0.2, 0) is 0 Å². The van der Waals surface area contributed by atoms with Gasteiger partial charge in [0.05, 0.1) is 6.04 Å². The lowest BCUT2D eigenvalue weighted by Gasteiger charge is -2.31. The minimum Gasteiger partial charge on any atom is -0.403 e. The molecule has 1 unspecified atom stereocenters. The average Bonchev–Trinajstić information content (AvgIpc) is 3.05. The van der Waals surface area contributed by atoms with Gasteiger partial charge in [-0.05, 0) is 18.4 Å². The summed E-state index contributed by atoms with van der Waals surface area (Å²) in [6.45, 7) is 17.5. The first-order valence-corrected chi connectivity index (χ1v) is 7.75. The van der Waals surface area contributed by atoms with Gasteiger partial charge in [0.25, 0.3) is 0 Å². The molecule has 0 aromatic rings. The summed E-state index contributed by atoms with van der Waals surface area (Å²) in [5.74, 6) is 5.44. The first kappa shape index (κ1) is 18.6. The maximum absolute atomic E-state index is 5.53. The van der Waals surface area contributed by atoms with Crippen molar-refractivity contribution in [2.45, 2.75) is 25.3 Å². The van der Waals surface area contributed by atoms with Crippen LogP contribution in [0.1, 0.15) is 19.3 Å². The van der Waals surface area contributed by atoms with Crippen molar-refractivity contribution in [2.75, 3.05) is 13.1 Å². The number of hydrogen-bond acceptors (Lipinski definition) is 5. The molecule has 0 aromatic carbocycles. The molecule has 0 saturated carbocycles. The molecule has 1 atom stereocenters. The summed E-state index contributed by atoms with van der Waals surface area (Å²) in [7, 11) is 0. The van der Waals surface area contributed by atoms with E-state index in [1.54, 1.807) is 6.08 Å². The molecule has 1 aliphatic heterocycles. The van der Waals surface area contributed by atoms with Crippen LogP contribution < -0.4 is 22.3 Å². The zero-order valence-electron chi connectivity index (χ0n) is 13.9. The molecule has 0 radical (unpaired) electrons. The average molecular weight is 315 g/mol. The molecular formula is C18H29N5. The molecule has 126 valence electrons. The molecule has 5 nitrogen and oxygen atoms in total. The fourth-order valence-corrected chi connectivity index (χ4v) is 2.67. The van der Waals surface area contributed by atoms with E-state index in [1.165, 1.54) is 6.20 Å². The van der Waals surface area contributed by atoms with Crippen LogP contribution in [0.15, 0.2) is 73.4 Å². The Morgan fingerprint density at radius 2 is 2.04 bits per heavy atom. The predicted octanol–water partition coefficient (Wildman–Crippen LogP) is 2.02. The van der Waals surface area contributed by atoms with E-state index < -0.39 is 0 Å². The molecule has 0 aliphatic carbocycles. The highest BCUT2D eigenvalue weighted by Crippen LogP contribution is 2.27. The summed E-state index contributed by atoms with van der Waals surface area (Å²) in [5, 5.41) is 3.38. The second-order valence-electron chi connectivity index (χ2n) is 5.49. The van der Waals surface area contributed by atoms with Gasteiger partial charge in [0.1, 0.15) is 0 Å². The van der Waals surface area contributed by atoms with Crippen molar-refractivity contribution in [3.8, 4) is 0 Å². The van der Waals surface area contributed by atoms with Gasteiger partial charge >= 0.3 is 0 Å². The Morgan fingerprint density at radius 3 is 2.61 bits per heavy atom. The zero-order valence-corrected chi connectivity index (χ0v) is 13.9. The maximum atomic E-state index is 5.53. The summed E-state index contributed by atoms with van der Waals surface area (Å²) in [6.07, 6.45) is 9.75. The fraction of sp³-hybridized carbons (Fsp3) is 0.333. The minimum absolute atomic E-state index is 0.231. The third kappa shape index (κ3) is 5.38. The topological polar surface area (TPSA) is 79.3 Å². The van der Waals surface area contributed by atoms with E-state index in [1.807, 2.05) is 12.2 Å². The lowest BCUT2D eigenvalue weighted by atomic mass is 10.1. The van der Waals surface area contributed by atoms with Crippen LogP contribution in [-0.4, -0.2) is 24.0 Å². The van der Waals surface area contributed by atoms with E-state index in [-0.39, 0.29) is 6.04 Å². The van der Waals surface area contributed by atoms with Crippen molar-refractivity contribution in [1.29, 1.82) is 0 Å². The quantitative estimate of drug-likeness (QED) is 0.282. The second kappa shape index (κ2) is 9.58. The number of likely N-dealkylation sites (tertiary alicyclic amines) is 1. The number of rotatable bonds is 10. The van der Waals surface area contributed by atoms with E-state index in [9.17, 15) is 0 Å². The predicted molar refractivity (Wildman–Crippen MR) is 98.7 cm³/mol. The van der Waals surface area contributed by atoms with Gasteiger partial charge in [0.2, 0.25) is 0 Å². The number of nitrogens with zero attached hydrogens (tertiary/aromatic N) is 1. The smallest absolute Gasteiger partial charge is 0.0680 e. The minimum atomic E-state index is 0.231. The standard InChI is InChI=1S/C18H29N5/c1-5-8-16(6-2)13-21-15(4)18-9-7-10-23(18)14(3)11-17(12-19)22-20/h5-6,8,12,18,21-22H,1-4,7,9-11,13,19-20H2/b16-8+,17-12-. The molecule has 1 saturated heterocycles. The molecule has 1 fully saturated rings. The van der Waals surface area contributed by atoms with Gasteiger partial charge in [0.15, 0.2) is 0 Å². The van der Waals surface area contributed by atoms with E-state index in [4.69, 9.17) is 11.6 Å². The lowest BCUT2D eigenvalue weighted by Crippen LogP contribution is -2.36. The molecule has 1 aliphatic rings. The first-order valence-electron chi connectivity index (χ1n) is 7.75. The maximum Gasteiger partial charge on any atom is 0.0680 e. The van der Waals surface area contributed by atoms with Crippen LogP contribution in [0.25, 0.3) is 0 Å². The van der Waals surface area contributed by atoms with Gasteiger partial charge in [-0.3, -0.25) is 5.84 Å². The Bertz CT molecular complexity index is 516. The number of allylic oxidation sites excluding steroid dienone is 2. The number of nitrogens with two attached hydrogens (primary N) is 2. The molecule has 5 heteroatoms. The molecule has 0 amide bonds. The molecule has 0 aromatic heterocycles. The van der Waals surface area contributed by atoms with Crippen molar-refractivity contribution in [2.24, 2.45) is 11.6 Å². The second-order valence-corrected chi connectivity index (χ2v) is 5.49. The van der Waals surface area contributed by atoms with Crippen LogP contribution >= 0.6 is 0 Å². The first-order chi connectivity index (χ1) is 11.1. The lowest BCUT2D eigenvalue weighted by molar-refractivity contribution is 0.337. The Hall–Kier alpha value is -2.40. The highest BCUT2D eigenvalue weighted by atomic mass is 15.2. The Morgan fingerprint density at radius 1 is 1.30 bits per heavy atom. The summed E-state index contributed by atoms with van der Waals surface area (Å²) in [6, 6.07) is 0.231. The highest BCUT2D eigenvalue weighted by molar-refractivity contribution is 5.24. The van der Waals surface area contributed by atoms with E-state index in [0.717, 1.165) is 42.1 Å². The van der Waals surface area contributed by atoms with Crippen LogP contribution in [0.5, 0.6) is 0 Å².